The number of nitrogens with zero attached hydrogens (tertiary/aromatic N) is 2. The molecule has 0 N–H and O–H groups in total. The Morgan fingerprint density at radius 1 is 1.10 bits per heavy atom. The van der Waals surface area contributed by atoms with E-state index in [9.17, 15) is 9.59 Å². The number of likely N-dealkylation sites (N-methyl/N-ethyl adjacent to an activating group) is 1. The Hall–Kier alpha value is -3.55. The van der Waals surface area contributed by atoms with Crippen LogP contribution in [-0.4, -0.2) is 48.8 Å². The van der Waals surface area contributed by atoms with Crippen LogP contribution in [0, 0.1) is 0 Å². The van der Waals surface area contributed by atoms with E-state index < -0.39 is 5.97 Å². The molecular formula is C21H20N2O6. The zero-order chi connectivity index (χ0) is 20.2. The SMILES string of the molecule is CN(Cc1ccc2c(c1)OCCO2)C(=O)COC(=O)Cc1noc2ccccc12. The van der Waals surface area contributed by atoms with Crippen molar-refractivity contribution in [3.05, 3.63) is 53.7 Å². The topological polar surface area (TPSA) is 91.1 Å². The van der Waals surface area contributed by atoms with E-state index in [-0.39, 0.29) is 18.9 Å². The molecule has 2 heterocycles. The summed E-state index contributed by atoms with van der Waals surface area (Å²) in [6.07, 6.45) is -0.0594. The Labute approximate surface area is 166 Å². The summed E-state index contributed by atoms with van der Waals surface area (Å²) in [6, 6.07) is 12.8. The third-order valence-corrected chi connectivity index (χ3v) is 4.57. The number of fused-ring (bicyclic) bond motifs is 2. The highest BCUT2D eigenvalue weighted by atomic mass is 16.6. The summed E-state index contributed by atoms with van der Waals surface area (Å²) in [5.41, 5.74) is 1.98. The lowest BCUT2D eigenvalue weighted by atomic mass is 10.2. The van der Waals surface area contributed by atoms with Crippen molar-refractivity contribution in [1.82, 2.24) is 10.1 Å². The van der Waals surface area contributed by atoms with Gasteiger partial charge in [-0.2, -0.15) is 0 Å². The maximum atomic E-state index is 12.3. The number of carbonyl (C=O) groups excluding carboxylic acids is 2. The molecule has 0 spiro atoms. The van der Waals surface area contributed by atoms with Crippen LogP contribution in [0.2, 0.25) is 0 Å². The number of esters is 1. The van der Waals surface area contributed by atoms with Crippen LogP contribution < -0.4 is 9.47 Å². The van der Waals surface area contributed by atoms with E-state index in [2.05, 4.69) is 5.16 Å². The molecule has 2 aromatic carbocycles. The molecule has 1 amide bonds. The second kappa shape index (κ2) is 8.22. The standard InChI is InChI=1S/C21H20N2O6/c1-23(12-14-6-7-18-19(10-14)27-9-8-26-18)20(24)13-28-21(25)11-16-15-4-2-3-5-17(15)29-22-16/h2-7,10H,8-9,11-13H2,1H3. The van der Waals surface area contributed by atoms with Gasteiger partial charge in [0.2, 0.25) is 0 Å². The largest absolute Gasteiger partial charge is 0.486 e. The zero-order valence-corrected chi connectivity index (χ0v) is 15.9. The van der Waals surface area contributed by atoms with E-state index in [1.807, 2.05) is 36.4 Å². The first-order valence-electron chi connectivity index (χ1n) is 9.21. The molecule has 0 bridgehead atoms. The van der Waals surface area contributed by atoms with E-state index >= 15 is 0 Å². The minimum Gasteiger partial charge on any atom is -0.486 e. The molecule has 4 rings (SSSR count). The van der Waals surface area contributed by atoms with Crippen LogP contribution in [-0.2, 0) is 27.3 Å². The fourth-order valence-electron chi connectivity index (χ4n) is 3.05. The van der Waals surface area contributed by atoms with Gasteiger partial charge in [0.15, 0.2) is 23.7 Å². The maximum Gasteiger partial charge on any atom is 0.312 e. The number of para-hydroxylation sites is 1. The highest BCUT2D eigenvalue weighted by Gasteiger charge is 2.17. The fourth-order valence-corrected chi connectivity index (χ4v) is 3.05. The van der Waals surface area contributed by atoms with Crippen LogP contribution in [0.1, 0.15) is 11.3 Å². The van der Waals surface area contributed by atoms with Crippen LogP contribution >= 0.6 is 0 Å². The highest BCUT2D eigenvalue weighted by Crippen LogP contribution is 2.31. The van der Waals surface area contributed by atoms with Crippen molar-refractivity contribution in [3.8, 4) is 11.5 Å². The van der Waals surface area contributed by atoms with Crippen molar-refractivity contribution >= 4 is 22.8 Å². The molecule has 8 nitrogen and oxygen atoms in total. The van der Waals surface area contributed by atoms with Crippen LogP contribution in [0.4, 0.5) is 0 Å². The Kier molecular flexibility index (Phi) is 5.33. The number of aromatic nitrogens is 1. The average molecular weight is 396 g/mol. The van der Waals surface area contributed by atoms with Crippen molar-refractivity contribution in [1.29, 1.82) is 0 Å². The van der Waals surface area contributed by atoms with E-state index in [1.165, 1.54) is 4.90 Å². The second-order valence-electron chi connectivity index (χ2n) is 6.69. The molecule has 1 aliphatic rings. The lowest BCUT2D eigenvalue weighted by molar-refractivity contribution is -0.151. The molecule has 3 aromatic rings. The quantitative estimate of drug-likeness (QED) is 0.591. The smallest absolute Gasteiger partial charge is 0.312 e. The van der Waals surface area contributed by atoms with Gasteiger partial charge in [-0.15, -0.1) is 0 Å². The average Bonchev–Trinajstić information content (AvgIpc) is 3.14. The van der Waals surface area contributed by atoms with E-state index in [1.54, 1.807) is 13.1 Å². The second-order valence-corrected chi connectivity index (χ2v) is 6.69. The first kappa shape index (κ1) is 18.8. The lowest BCUT2D eigenvalue weighted by Gasteiger charge is -2.21. The predicted octanol–water partition coefficient (Wildman–Crippen LogP) is 2.34. The fraction of sp³-hybridized carbons (Fsp3) is 0.286. The first-order chi connectivity index (χ1) is 14.1. The summed E-state index contributed by atoms with van der Waals surface area (Å²) in [4.78, 5) is 25.9. The van der Waals surface area contributed by atoms with Crippen molar-refractivity contribution in [2.24, 2.45) is 0 Å². The minimum atomic E-state index is -0.537. The van der Waals surface area contributed by atoms with Crippen molar-refractivity contribution in [2.75, 3.05) is 26.9 Å². The Morgan fingerprint density at radius 3 is 2.76 bits per heavy atom. The summed E-state index contributed by atoms with van der Waals surface area (Å²) in [5.74, 6) is 0.521. The van der Waals surface area contributed by atoms with Crippen molar-refractivity contribution < 1.29 is 28.3 Å². The molecule has 0 saturated carbocycles. The monoisotopic (exact) mass is 396 g/mol. The molecule has 0 radical (unpaired) electrons. The maximum absolute atomic E-state index is 12.3. The first-order valence-corrected chi connectivity index (χ1v) is 9.21. The number of hydrogen-bond acceptors (Lipinski definition) is 7. The van der Waals surface area contributed by atoms with Gasteiger partial charge in [-0.25, -0.2) is 0 Å². The number of carbonyl (C=O) groups is 2. The molecule has 0 aliphatic carbocycles. The summed E-state index contributed by atoms with van der Waals surface area (Å²) in [6.45, 7) is 1.05. The number of hydrogen-bond donors (Lipinski definition) is 0. The van der Waals surface area contributed by atoms with Gasteiger partial charge in [0.25, 0.3) is 5.91 Å². The number of rotatable bonds is 6. The van der Waals surface area contributed by atoms with Gasteiger partial charge < -0.3 is 23.6 Å². The van der Waals surface area contributed by atoms with E-state index in [4.69, 9.17) is 18.7 Å². The number of ether oxygens (including phenoxy) is 3. The van der Waals surface area contributed by atoms with Crippen molar-refractivity contribution in [2.45, 2.75) is 13.0 Å². The molecule has 29 heavy (non-hydrogen) atoms. The van der Waals surface area contributed by atoms with Gasteiger partial charge in [0, 0.05) is 19.0 Å². The Bertz CT molecular complexity index is 1040. The van der Waals surface area contributed by atoms with Gasteiger partial charge in [-0.05, 0) is 29.8 Å². The van der Waals surface area contributed by atoms with Gasteiger partial charge in [0.1, 0.15) is 18.9 Å². The normalized spacial score (nSPS) is 12.6. The summed E-state index contributed by atoms with van der Waals surface area (Å²) in [7, 11) is 1.65. The summed E-state index contributed by atoms with van der Waals surface area (Å²) in [5, 5.41) is 4.65. The molecule has 150 valence electrons. The molecule has 8 heteroatoms. The summed E-state index contributed by atoms with van der Waals surface area (Å²) >= 11 is 0. The Balaban J connectivity index is 1.29. The van der Waals surface area contributed by atoms with Crippen molar-refractivity contribution in [3.63, 3.8) is 0 Å². The van der Waals surface area contributed by atoms with Crippen LogP contribution in [0.15, 0.2) is 47.0 Å². The third kappa shape index (κ3) is 4.31. The van der Waals surface area contributed by atoms with E-state index in [0.717, 1.165) is 10.9 Å². The van der Waals surface area contributed by atoms with Crippen LogP contribution in [0.25, 0.3) is 11.0 Å². The van der Waals surface area contributed by atoms with E-state index in [0.29, 0.717) is 42.5 Å². The number of amides is 1. The molecule has 0 saturated heterocycles. The van der Waals surface area contributed by atoms with Gasteiger partial charge in [-0.1, -0.05) is 23.4 Å². The van der Waals surface area contributed by atoms with Crippen LogP contribution in [0.3, 0.4) is 0 Å². The predicted molar refractivity (Wildman–Crippen MR) is 103 cm³/mol. The van der Waals surface area contributed by atoms with Crippen LogP contribution in [0.5, 0.6) is 11.5 Å². The van der Waals surface area contributed by atoms with Gasteiger partial charge in [-0.3, -0.25) is 9.59 Å². The number of benzene rings is 2. The molecule has 0 atom stereocenters. The van der Waals surface area contributed by atoms with Gasteiger partial charge in [0.05, 0.1) is 6.42 Å². The Morgan fingerprint density at radius 2 is 1.90 bits per heavy atom. The molecule has 1 aromatic heterocycles. The molecular weight excluding hydrogens is 376 g/mol. The lowest BCUT2D eigenvalue weighted by Crippen LogP contribution is -2.31. The third-order valence-electron chi connectivity index (χ3n) is 4.57. The molecule has 0 unspecified atom stereocenters. The summed E-state index contributed by atoms with van der Waals surface area (Å²) < 4.78 is 21.3. The molecule has 1 aliphatic heterocycles. The zero-order valence-electron chi connectivity index (χ0n) is 15.9. The molecule has 0 fully saturated rings. The minimum absolute atomic E-state index is 0.0594. The highest BCUT2D eigenvalue weighted by molar-refractivity contribution is 5.85. The van der Waals surface area contributed by atoms with Gasteiger partial charge >= 0.3 is 5.97 Å².